The Morgan fingerprint density at radius 2 is 2.00 bits per heavy atom. The molecular formula is C15H25BrN2. The summed E-state index contributed by atoms with van der Waals surface area (Å²) in [5, 5.41) is 0. The Labute approximate surface area is 120 Å². The van der Waals surface area contributed by atoms with E-state index >= 15 is 0 Å². The van der Waals surface area contributed by atoms with E-state index in [1.807, 2.05) is 0 Å². The van der Waals surface area contributed by atoms with Gasteiger partial charge in [0.25, 0.3) is 0 Å². The molecule has 2 nitrogen and oxygen atoms in total. The number of hydrogen-bond donors (Lipinski definition) is 1. The highest BCUT2D eigenvalue weighted by atomic mass is 79.9. The number of nitrogens with two attached hydrogens (primary N) is 1. The molecule has 0 radical (unpaired) electrons. The molecule has 0 aliphatic rings. The summed E-state index contributed by atoms with van der Waals surface area (Å²) in [4.78, 5) is 2.43. The van der Waals surface area contributed by atoms with Crippen molar-refractivity contribution in [3.05, 3.63) is 28.2 Å². The zero-order valence-corrected chi connectivity index (χ0v) is 13.3. The largest absolute Gasteiger partial charge is 0.372 e. The molecule has 0 saturated heterocycles. The van der Waals surface area contributed by atoms with Crippen molar-refractivity contribution < 1.29 is 0 Å². The molecule has 1 rings (SSSR count). The first kappa shape index (κ1) is 15.5. The molecular weight excluding hydrogens is 288 g/mol. The van der Waals surface area contributed by atoms with Gasteiger partial charge in [0.2, 0.25) is 0 Å². The molecule has 0 fully saturated rings. The summed E-state index contributed by atoms with van der Waals surface area (Å²) in [6, 6.07) is 6.79. The van der Waals surface area contributed by atoms with E-state index in [0.29, 0.717) is 0 Å². The highest BCUT2D eigenvalue weighted by Gasteiger charge is 2.12. The van der Waals surface area contributed by atoms with Crippen molar-refractivity contribution in [1.29, 1.82) is 0 Å². The molecule has 3 heteroatoms. The van der Waals surface area contributed by atoms with Gasteiger partial charge in [-0.3, -0.25) is 0 Å². The third-order valence-electron chi connectivity index (χ3n) is 3.27. The molecule has 1 atom stereocenters. The van der Waals surface area contributed by atoms with Gasteiger partial charge in [-0.2, -0.15) is 0 Å². The number of benzene rings is 1. The van der Waals surface area contributed by atoms with E-state index in [1.54, 1.807) is 0 Å². The van der Waals surface area contributed by atoms with Crippen LogP contribution in [0.3, 0.4) is 0 Å². The number of nitrogens with zero attached hydrogens (tertiary/aromatic N) is 1. The molecule has 0 saturated carbocycles. The van der Waals surface area contributed by atoms with Gasteiger partial charge in [0.05, 0.1) is 0 Å². The second kappa shape index (κ2) is 7.80. The van der Waals surface area contributed by atoms with Gasteiger partial charge in [-0.05, 0) is 43.9 Å². The predicted molar refractivity (Wildman–Crippen MR) is 84.3 cm³/mol. The standard InChI is InChI=1S/C15H25BrN2/c1-4-9-18(6-3)15-11-13(16)8-7-12(15)10-14(17)5-2/h7-8,11,14H,4-6,9-10,17H2,1-3H3. The van der Waals surface area contributed by atoms with Gasteiger partial charge in [0.15, 0.2) is 0 Å². The van der Waals surface area contributed by atoms with Crippen LogP contribution in [0, 0.1) is 0 Å². The van der Waals surface area contributed by atoms with Gasteiger partial charge in [-0.15, -0.1) is 0 Å². The van der Waals surface area contributed by atoms with Crippen molar-refractivity contribution in [2.24, 2.45) is 5.73 Å². The van der Waals surface area contributed by atoms with E-state index in [2.05, 4.69) is 59.8 Å². The molecule has 102 valence electrons. The van der Waals surface area contributed by atoms with Gasteiger partial charge >= 0.3 is 0 Å². The fourth-order valence-corrected chi connectivity index (χ4v) is 2.50. The van der Waals surface area contributed by atoms with Crippen LogP contribution >= 0.6 is 15.9 Å². The fourth-order valence-electron chi connectivity index (χ4n) is 2.15. The molecule has 1 aromatic carbocycles. The highest BCUT2D eigenvalue weighted by Crippen LogP contribution is 2.26. The van der Waals surface area contributed by atoms with Crippen molar-refractivity contribution in [2.75, 3.05) is 18.0 Å². The van der Waals surface area contributed by atoms with Crippen LogP contribution in [0.15, 0.2) is 22.7 Å². The van der Waals surface area contributed by atoms with Crippen molar-refractivity contribution in [1.82, 2.24) is 0 Å². The van der Waals surface area contributed by atoms with E-state index in [1.165, 1.54) is 17.7 Å². The molecule has 0 heterocycles. The monoisotopic (exact) mass is 312 g/mol. The average Bonchev–Trinajstić information content (AvgIpc) is 2.38. The molecule has 18 heavy (non-hydrogen) atoms. The summed E-state index contributed by atoms with van der Waals surface area (Å²) >= 11 is 3.57. The molecule has 0 aliphatic heterocycles. The van der Waals surface area contributed by atoms with E-state index in [0.717, 1.165) is 30.4 Å². The van der Waals surface area contributed by atoms with E-state index < -0.39 is 0 Å². The Kier molecular flexibility index (Phi) is 6.72. The Morgan fingerprint density at radius 1 is 1.28 bits per heavy atom. The van der Waals surface area contributed by atoms with Crippen LogP contribution in [-0.2, 0) is 6.42 Å². The zero-order valence-electron chi connectivity index (χ0n) is 11.7. The summed E-state index contributed by atoms with van der Waals surface area (Å²) in [6.07, 6.45) is 3.15. The minimum Gasteiger partial charge on any atom is -0.372 e. The zero-order chi connectivity index (χ0) is 13.5. The van der Waals surface area contributed by atoms with Crippen LogP contribution in [0.25, 0.3) is 0 Å². The smallest absolute Gasteiger partial charge is 0.0410 e. The number of halogens is 1. The number of rotatable bonds is 7. The minimum absolute atomic E-state index is 0.255. The molecule has 0 spiro atoms. The Bertz CT molecular complexity index is 366. The Morgan fingerprint density at radius 3 is 2.56 bits per heavy atom. The average molecular weight is 313 g/mol. The van der Waals surface area contributed by atoms with E-state index in [9.17, 15) is 0 Å². The van der Waals surface area contributed by atoms with Crippen molar-refractivity contribution in [2.45, 2.75) is 46.1 Å². The highest BCUT2D eigenvalue weighted by molar-refractivity contribution is 9.10. The predicted octanol–water partition coefficient (Wildman–Crippen LogP) is 3.97. The molecule has 1 aromatic rings. The van der Waals surface area contributed by atoms with Crippen LogP contribution in [0.5, 0.6) is 0 Å². The van der Waals surface area contributed by atoms with Gasteiger partial charge in [0.1, 0.15) is 0 Å². The second-order valence-corrected chi connectivity index (χ2v) is 5.64. The summed E-state index contributed by atoms with van der Waals surface area (Å²) in [7, 11) is 0. The Hall–Kier alpha value is -0.540. The van der Waals surface area contributed by atoms with Gasteiger partial charge in [0, 0.05) is 29.3 Å². The van der Waals surface area contributed by atoms with Crippen molar-refractivity contribution >= 4 is 21.6 Å². The second-order valence-electron chi connectivity index (χ2n) is 4.73. The molecule has 0 aliphatic carbocycles. The lowest BCUT2D eigenvalue weighted by Gasteiger charge is -2.26. The third-order valence-corrected chi connectivity index (χ3v) is 3.76. The van der Waals surface area contributed by atoms with Crippen molar-refractivity contribution in [3.8, 4) is 0 Å². The maximum Gasteiger partial charge on any atom is 0.0410 e. The normalized spacial score (nSPS) is 12.5. The van der Waals surface area contributed by atoms with Crippen LogP contribution in [-0.4, -0.2) is 19.1 Å². The third kappa shape index (κ3) is 4.29. The summed E-state index contributed by atoms with van der Waals surface area (Å²) < 4.78 is 1.14. The lowest BCUT2D eigenvalue weighted by atomic mass is 10.0. The molecule has 1 unspecified atom stereocenters. The van der Waals surface area contributed by atoms with E-state index in [4.69, 9.17) is 5.73 Å². The van der Waals surface area contributed by atoms with Crippen molar-refractivity contribution in [3.63, 3.8) is 0 Å². The molecule has 0 bridgehead atoms. The topological polar surface area (TPSA) is 29.3 Å². The lowest BCUT2D eigenvalue weighted by molar-refractivity contribution is 0.643. The quantitative estimate of drug-likeness (QED) is 0.825. The summed E-state index contributed by atoms with van der Waals surface area (Å²) in [5.41, 5.74) is 8.79. The SMILES string of the molecule is CCCN(CC)c1cc(Br)ccc1CC(N)CC. The Balaban J connectivity index is 3.01. The summed E-state index contributed by atoms with van der Waals surface area (Å²) in [5.74, 6) is 0. The van der Waals surface area contributed by atoms with Crippen LogP contribution in [0.2, 0.25) is 0 Å². The van der Waals surface area contributed by atoms with Gasteiger partial charge < -0.3 is 10.6 Å². The fraction of sp³-hybridized carbons (Fsp3) is 0.600. The number of anilines is 1. The van der Waals surface area contributed by atoms with Gasteiger partial charge in [-0.25, -0.2) is 0 Å². The first-order valence-electron chi connectivity index (χ1n) is 6.91. The first-order valence-corrected chi connectivity index (χ1v) is 7.70. The summed E-state index contributed by atoms with van der Waals surface area (Å²) in [6.45, 7) is 8.71. The maximum absolute atomic E-state index is 6.10. The first-order chi connectivity index (χ1) is 8.62. The lowest BCUT2D eigenvalue weighted by Crippen LogP contribution is -2.27. The van der Waals surface area contributed by atoms with Crippen LogP contribution < -0.4 is 10.6 Å². The van der Waals surface area contributed by atoms with Crippen LogP contribution in [0.4, 0.5) is 5.69 Å². The van der Waals surface area contributed by atoms with E-state index in [-0.39, 0.29) is 6.04 Å². The minimum atomic E-state index is 0.255. The van der Waals surface area contributed by atoms with Gasteiger partial charge in [-0.1, -0.05) is 35.8 Å². The van der Waals surface area contributed by atoms with Crippen LogP contribution in [0.1, 0.15) is 39.2 Å². The maximum atomic E-state index is 6.10. The molecule has 2 N–H and O–H groups in total. The molecule has 0 amide bonds. The number of hydrogen-bond acceptors (Lipinski definition) is 2. The molecule has 0 aromatic heterocycles.